The summed E-state index contributed by atoms with van der Waals surface area (Å²) in [6.07, 6.45) is 1.03. The quantitative estimate of drug-likeness (QED) is 0.770. The molecule has 0 aliphatic carbocycles. The first-order valence-corrected chi connectivity index (χ1v) is 6.86. The molecule has 0 aromatic heterocycles. The van der Waals surface area contributed by atoms with Crippen LogP contribution in [0.25, 0.3) is 0 Å². The first-order chi connectivity index (χ1) is 8.38. The third-order valence-corrected chi connectivity index (χ3v) is 2.79. The van der Waals surface area contributed by atoms with Crippen LogP contribution in [-0.2, 0) is 0 Å². The Balaban J connectivity index is 2.23. The summed E-state index contributed by atoms with van der Waals surface area (Å²) in [5.41, 5.74) is 1.55. The first-order valence-electron chi connectivity index (χ1n) is 6.86. The first kappa shape index (κ1) is 15.0. The summed E-state index contributed by atoms with van der Waals surface area (Å²) >= 11 is 0. The van der Waals surface area contributed by atoms with Gasteiger partial charge in [0.05, 0.1) is 6.61 Å². The molecule has 1 rings (SSSR count). The predicted molar refractivity (Wildman–Crippen MR) is 78.4 cm³/mol. The molecule has 102 valence electrons. The Morgan fingerprint density at radius 3 is 2.22 bits per heavy atom. The fourth-order valence-electron chi connectivity index (χ4n) is 1.67. The molecular weight excluding hydrogens is 222 g/mol. The van der Waals surface area contributed by atoms with Crippen molar-refractivity contribution in [3.05, 3.63) is 29.8 Å². The van der Waals surface area contributed by atoms with Crippen LogP contribution in [0.1, 0.15) is 52.5 Å². The van der Waals surface area contributed by atoms with E-state index in [1.807, 2.05) is 0 Å². The molecule has 0 aliphatic rings. The largest absolute Gasteiger partial charge is 0.494 e. The summed E-state index contributed by atoms with van der Waals surface area (Å²) in [5, 5.41) is 3.45. The Bertz CT molecular complexity index is 335. The van der Waals surface area contributed by atoms with Crippen molar-refractivity contribution >= 4 is 0 Å². The molecule has 0 bridgehead atoms. The van der Waals surface area contributed by atoms with Crippen LogP contribution in [0, 0.1) is 0 Å². The third-order valence-electron chi connectivity index (χ3n) is 2.79. The number of rotatable bonds is 6. The van der Waals surface area contributed by atoms with Gasteiger partial charge in [-0.3, -0.25) is 0 Å². The van der Waals surface area contributed by atoms with Crippen LogP contribution in [0.3, 0.4) is 0 Å². The average molecular weight is 249 g/mol. The fourth-order valence-corrected chi connectivity index (χ4v) is 1.67. The molecule has 0 radical (unpaired) electrons. The van der Waals surface area contributed by atoms with Crippen molar-refractivity contribution in [2.45, 2.75) is 52.5 Å². The number of ether oxygens (including phenoxy) is 1. The molecule has 0 unspecified atom stereocenters. The average Bonchev–Trinajstić information content (AvgIpc) is 2.27. The van der Waals surface area contributed by atoms with Crippen LogP contribution in [0.5, 0.6) is 5.75 Å². The molecule has 0 saturated heterocycles. The van der Waals surface area contributed by atoms with E-state index in [1.54, 1.807) is 0 Å². The van der Waals surface area contributed by atoms with Crippen LogP contribution < -0.4 is 10.1 Å². The van der Waals surface area contributed by atoms with E-state index in [9.17, 15) is 0 Å². The Kier molecular flexibility index (Phi) is 5.67. The van der Waals surface area contributed by atoms with Gasteiger partial charge >= 0.3 is 0 Å². The molecular formula is C16H27NO. The van der Waals surface area contributed by atoms with E-state index in [-0.39, 0.29) is 5.54 Å². The van der Waals surface area contributed by atoms with Gasteiger partial charge in [-0.15, -0.1) is 0 Å². The highest BCUT2D eigenvalue weighted by Crippen LogP contribution is 2.18. The highest BCUT2D eigenvalue weighted by molar-refractivity contribution is 5.28. The minimum absolute atomic E-state index is 0.193. The molecule has 0 saturated carbocycles. The van der Waals surface area contributed by atoms with E-state index < -0.39 is 0 Å². The van der Waals surface area contributed by atoms with Gasteiger partial charge in [0, 0.05) is 5.54 Å². The Hall–Kier alpha value is -1.02. The van der Waals surface area contributed by atoms with Crippen LogP contribution in [0.2, 0.25) is 0 Å². The summed E-state index contributed by atoms with van der Waals surface area (Å²) in [7, 11) is 0. The zero-order valence-electron chi connectivity index (χ0n) is 12.4. The summed E-state index contributed by atoms with van der Waals surface area (Å²) in [5.74, 6) is 1.55. The molecule has 0 amide bonds. The van der Waals surface area contributed by atoms with E-state index in [0.717, 1.165) is 25.3 Å². The lowest BCUT2D eigenvalue weighted by atomic mass is 10.0. The Morgan fingerprint density at radius 1 is 1.11 bits per heavy atom. The van der Waals surface area contributed by atoms with Crippen LogP contribution >= 0.6 is 0 Å². The second kappa shape index (κ2) is 6.79. The zero-order valence-corrected chi connectivity index (χ0v) is 12.4. The van der Waals surface area contributed by atoms with Crippen molar-refractivity contribution in [2.75, 3.05) is 13.2 Å². The SMILES string of the molecule is CC(C)c1ccc(OCCCNC(C)(C)C)cc1. The molecule has 0 atom stereocenters. The monoisotopic (exact) mass is 249 g/mol. The maximum atomic E-state index is 5.72. The van der Waals surface area contributed by atoms with Gasteiger partial charge < -0.3 is 10.1 Å². The lowest BCUT2D eigenvalue weighted by Crippen LogP contribution is -2.36. The summed E-state index contributed by atoms with van der Waals surface area (Å²) in [6.45, 7) is 12.7. The van der Waals surface area contributed by atoms with Gasteiger partial charge in [0.1, 0.15) is 5.75 Å². The zero-order chi connectivity index (χ0) is 13.6. The van der Waals surface area contributed by atoms with E-state index in [0.29, 0.717) is 5.92 Å². The van der Waals surface area contributed by atoms with Gasteiger partial charge in [-0.05, 0) is 57.4 Å². The Labute approximate surface area is 112 Å². The maximum absolute atomic E-state index is 5.72. The summed E-state index contributed by atoms with van der Waals surface area (Å²) in [6, 6.07) is 8.42. The van der Waals surface area contributed by atoms with Crippen molar-refractivity contribution in [3.63, 3.8) is 0 Å². The standard InChI is InChI=1S/C16H27NO/c1-13(2)14-7-9-15(10-8-14)18-12-6-11-17-16(3,4)5/h7-10,13,17H,6,11-12H2,1-5H3. The van der Waals surface area contributed by atoms with E-state index >= 15 is 0 Å². The van der Waals surface area contributed by atoms with Crippen LogP contribution in [0.4, 0.5) is 0 Å². The van der Waals surface area contributed by atoms with E-state index in [4.69, 9.17) is 4.74 Å². The normalized spacial score (nSPS) is 11.9. The number of nitrogens with one attached hydrogen (secondary N) is 1. The molecule has 2 nitrogen and oxygen atoms in total. The lowest BCUT2D eigenvalue weighted by Gasteiger charge is -2.20. The fraction of sp³-hybridized carbons (Fsp3) is 0.625. The minimum Gasteiger partial charge on any atom is -0.494 e. The van der Waals surface area contributed by atoms with Crippen molar-refractivity contribution in [1.29, 1.82) is 0 Å². The Morgan fingerprint density at radius 2 is 1.72 bits per heavy atom. The predicted octanol–water partition coefficient (Wildman–Crippen LogP) is 3.97. The molecule has 0 spiro atoms. The topological polar surface area (TPSA) is 21.3 Å². The molecule has 18 heavy (non-hydrogen) atoms. The molecule has 1 aromatic carbocycles. The van der Waals surface area contributed by atoms with Gasteiger partial charge in [-0.1, -0.05) is 26.0 Å². The van der Waals surface area contributed by atoms with E-state index in [2.05, 4.69) is 64.2 Å². The minimum atomic E-state index is 0.193. The highest BCUT2D eigenvalue weighted by Gasteiger charge is 2.07. The molecule has 0 aliphatic heterocycles. The van der Waals surface area contributed by atoms with Gasteiger partial charge in [-0.25, -0.2) is 0 Å². The second-order valence-electron chi connectivity index (χ2n) is 6.10. The van der Waals surface area contributed by atoms with Gasteiger partial charge in [0.15, 0.2) is 0 Å². The maximum Gasteiger partial charge on any atom is 0.119 e. The van der Waals surface area contributed by atoms with Crippen molar-refractivity contribution < 1.29 is 4.74 Å². The number of hydrogen-bond acceptors (Lipinski definition) is 2. The van der Waals surface area contributed by atoms with Gasteiger partial charge in [0.25, 0.3) is 0 Å². The highest BCUT2D eigenvalue weighted by atomic mass is 16.5. The molecule has 0 fully saturated rings. The molecule has 1 N–H and O–H groups in total. The van der Waals surface area contributed by atoms with Gasteiger partial charge in [0.2, 0.25) is 0 Å². The third kappa shape index (κ3) is 6.06. The number of benzene rings is 1. The van der Waals surface area contributed by atoms with Crippen LogP contribution in [-0.4, -0.2) is 18.7 Å². The lowest BCUT2D eigenvalue weighted by molar-refractivity contribution is 0.298. The summed E-state index contributed by atoms with van der Waals surface area (Å²) < 4.78 is 5.72. The molecule has 2 heteroatoms. The molecule has 1 aromatic rings. The van der Waals surface area contributed by atoms with E-state index in [1.165, 1.54) is 5.56 Å². The second-order valence-corrected chi connectivity index (χ2v) is 6.10. The summed E-state index contributed by atoms with van der Waals surface area (Å²) in [4.78, 5) is 0. The van der Waals surface area contributed by atoms with Crippen molar-refractivity contribution in [3.8, 4) is 5.75 Å². The smallest absolute Gasteiger partial charge is 0.119 e. The number of hydrogen-bond donors (Lipinski definition) is 1. The molecule has 0 heterocycles. The van der Waals surface area contributed by atoms with Gasteiger partial charge in [-0.2, -0.15) is 0 Å². The van der Waals surface area contributed by atoms with Crippen LogP contribution in [0.15, 0.2) is 24.3 Å². The van der Waals surface area contributed by atoms with Crippen molar-refractivity contribution in [1.82, 2.24) is 5.32 Å². The van der Waals surface area contributed by atoms with Crippen molar-refractivity contribution in [2.24, 2.45) is 0 Å².